The van der Waals surface area contributed by atoms with E-state index in [4.69, 9.17) is 10.5 Å². The summed E-state index contributed by atoms with van der Waals surface area (Å²) in [6.07, 6.45) is 0. The van der Waals surface area contributed by atoms with Crippen LogP contribution in [0.25, 0.3) is 0 Å². The van der Waals surface area contributed by atoms with Crippen molar-refractivity contribution >= 4 is 33.2 Å². The van der Waals surface area contributed by atoms with Crippen LogP contribution in [0.3, 0.4) is 0 Å². The zero-order chi connectivity index (χ0) is 14.7. The molecule has 0 fully saturated rings. The van der Waals surface area contributed by atoms with Crippen LogP contribution < -0.4 is 15.8 Å². The Morgan fingerprint density at radius 2 is 2.05 bits per heavy atom. The van der Waals surface area contributed by atoms with Gasteiger partial charge in [0, 0.05) is 10.0 Å². The van der Waals surface area contributed by atoms with E-state index in [0.29, 0.717) is 21.5 Å². The van der Waals surface area contributed by atoms with Gasteiger partial charge in [-0.15, -0.1) is 0 Å². The summed E-state index contributed by atoms with van der Waals surface area (Å²) < 4.78 is 19.2. The van der Waals surface area contributed by atoms with Gasteiger partial charge in [-0.1, -0.05) is 15.9 Å². The molecule has 0 radical (unpaired) electrons. The average Bonchev–Trinajstić information content (AvgIpc) is 2.42. The van der Waals surface area contributed by atoms with Crippen molar-refractivity contribution in [3.05, 3.63) is 52.3 Å². The first kappa shape index (κ1) is 14.3. The molecule has 2 rings (SSSR count). The Morgan fingerprint density at radius 3 is 2.70 bits per heavy atom. The molecule has 2 aromatic rings. The number of carbonyl (C=O) groups is 1. The van der Waals surface area contributed by atoms with Crippen molar-refractivity contribution in [3.63, 3.8) is 0 Å². The fourth-order valence-corrected chi connectivity index (χ4v) is 2.02. The fourth-order valence-electron chi connectivity index (χ4n) is 1.66. The second-order valence-electron chi connectivity index (χ2n) is 4.04. The molecule has 0 aliphatic rings. The minimum Gasteiger partial charge on any atom is -0.495 e. The van der Waals surface area contributed by atoms with Crippen LogP contribution in [-0.4, -0.2) is 13.0 Å². The molecular formula is C14H12BrFN2O2. The molecule has 6 heteroatoms. The van der Waals surface area contributed by atoms with Crippen LogP contribution in [0.2, 0.25) is 0 Å². The van der Waals surface area contributed by atoms with E-state index in [1.807, 2.05) is 0 Å². The molecule has 0 atom stereocenters. The number of hydrogen-bond acceptors (Lipinski definition) is 3. The molecule has 1 amide bonds. The largest absolute Gasteiger partial charge is 0.495 e. The zero-order valence-corrected chi connectivity index (χ0v) is 12.2. The second kappa shape index (κ2) is 5.92. The predicted octanol–water partition coefficient (Wildman–Crippen LogP) is 3.43. The number of rotatable bonds is 3. The number of halogens is 2. The van der Waals surface area contributed by atoms with Crippen molar-refractivity contribution in [1.29, 1.82) is 0 Å². The van der Waals surface area contributed by atoms with Crippen molar-refractivity contribution in [1.82, 2.24) is 0 Å². The van der Waals surface area contributed by atoms with Crippen LogP contribution in [0.15, 0.2) is 40.9 Å². The molecule has 3 N–H and O–H groups in total. The Kier molecular flexibility index (Phi) is 4.24. The number of nitrogens with one attached hydrogen (secondary N) is 1. The zero-order valence-electron chi connectivity index (χ0n) is 10.6. The van der Waals surface area contributed by atoms with Gasteiger partial charge >= 0.3 is 0 Å². The van der Waals surface area contributed by atoms with Crippen LogP contribution in [0.1, 0.15) is 10.4 Å². The Labute approximate surface area is 123 Å². The number of hydrogen-bond donors (Lipinski definition) is 2. The van der Waals surface area contributed by atoms with Crippen LogP contribution >= 0.6 is 15.9 Å². The monoisotopic (exact) mass is 338 g/mol. The van der Waals surface area contributed by atoms with Crippen molar-refractivity contribution in [2.45, 2.75) is 0 Å². The molecule has 0 heterocycles. The van der Waals surface area contributed by atoms with Gasteiger partial charge in [0.05, 0.1) is 18.5 Å². The van der Waals surface area contributed by atoms with E-state index in [0.717, 1.165) is 0 Å². The third-order valence-electron chi connectivity index (χ3n) is 2.67. The number of ether oxygens (including phenoxy) is 1. The number of methoxy groups -OCH3 is 1. The normalized spacial score (nSPS) is 10.2. The van der Waals surface area contributed by atoms with Gasteiger partial charge in [0.2, 0.25) is 0 Å². The molecule has 0 bridgehead atoms. The Morgan fingerprint density at radius 1 is 1.30 bits per heavy atom. The maximum Gasteiger partial charge on any atom is 0.255 e. The van der Waals surface area contributed by atoms with E-state index in [1.165, 1.54) is 25.3 Å². The molecule has 0 saturated carbocycles. The number of amides is 1. The summed E-state index contributed by atoms with van der Waals surface area (Å²) in [4.78, 5) is 12.0. The van der Waals surface area contributed by atoms with Crippen molar-refractivity contribution in [3.8, 4) is 5.75 Å². The van der Waals surface area contributed by atoms with Gasteiger partial charge in [-0.3, -0.25) is 4.79 Å². The third kappa shape index (κ3) is 3.08. The van der Waals surface area contributed by atoms with E-state index in [9.17, 15) is 9.18 Å². The lowest BCUT2D eigenvalue weighted by Crippen LogP contribution is -2.13. The van der Waals surface area contributed by atoms with Crippen LogP contribution in [-0.2, 0) is 0 Å². The number of nitrogen functional groups attached to an aromatic ring is 1. The minimum atomic E-state index is -0.511. The third-order valence-corrected chi connectivity index (χ3v) is 3.16. The first-order chi connectivity index (χ1) is 9.51. The van der Waals surface area contributed by atoms with Crippen LogP contribution in [0.5, 0.6) is 5.75 Å². The summed E-state index contributed by atoms with van der Waals surface area (Å²) in [7, 11) is 1.49. The van der Waals surface area contributed by atoms with Gasteiger partial charge in [0.25, 0.3) is 5.91 Å². The van der Waals surface area contributed by atoms with Gasteiger partial charge in [0.1, 0.15) is 11.6 Å². The van der Waals surface area contributed by atoms with Gasteiger partial charge in [-0.2, -0.15) is 0 Å². The van der Waals surface area contributed by atoms with Gasteiger partial charge in [0.15, 0.2) is 0 Å². The molecule has 0 saturated heterocycles. The Balaban J connectivity index is 2.24. The van der Waals surface area contributed by atoms with E-state index < -0.39 is 11.7 Å². The van der Waals surface area contributed by atoms with E-state index >= 15 is 0 Å². The van der Waals surface area contributed by atoms with Gasteiger partial charge < -0.3 is 15.8 Å². The summed E-state index contributed by atoms with van der Waals surface area (Å²) in [5.41, 5.74) is 6.49. The lowest BCUT2D eigenvalue weighted by molar-refractivity contribution is 0.102. The topological polar surface area (TPSA) is 64.3 Å². The minimum absolute atomic E-state index is 0.0961. The first-order valence-electron chi connectivity index (χ1n) is 5.71. The highest BCUT2D eigenvalue weighted by atomic mass is 79.9. The smallest absolute Gasteiger partial charge is 0.255 e. The summed E-state index contributed by atoms with van der Waals surface area (Å²) in [5.74, 6) is -0.477. The maximum absolute atomic E-state index is 13.6. The van der Waals surface area contributed by atoms with E-state index in [-0.39, 0.29) is 5.69 Å². The summed E-state index contributed by atoms with van der Waals surface area (Å²) in [6, 6.07) is 8.92. The molecule has 0 aliphatic heterocycles. The van der Waals surface area contributed by atoms with Crippen molar-refractivity contribution < 1.29 is 13.9 Å². The van der Waals surface area contributed by atoms with Crippen LogP contribution in [0.4, 0.5) is 15.8 Å². The number of anilines is 2. The van der Waals surface area contributed by atoms with Gasteiger partial charge in [-0.05, 0) is 36.4 Å². The predicted molar refractivity (Wildman–Crippen MR) is 79.5 cm³/mol. The lowest BCUT2D eigenvalue weighted by Gasteiger charge is -2.09. The molecule has 4 nitrogen and oxygen atoms in total. The molecule has 2 aromatic carbocycles. The molecule has 0 unspecified atom stereocenters. The highest BCUT2D eigenvalue weighted by molar-refractivity contribution is 9.10. The molecule has 0 aliphatic carbocycles. The molecule has 104 valence electrons. The van der Waals surface area contributed by atoms with E-state index in [1.54, 1.807) is 18.2 Å². The number of benzene rings is 2. The summed E-state index contributed by atoms with van der Waals surface area (Å²) in [6.45, 7) is 0. The van der Waals surface area contributed by atoms with Gasteiger partial charge in [-0.25, -0.2) is 4.39 Å². The quantitative estimate of drug-likeness (QED) is 0.842. The number of nitrogens with two attached hydrogens (primary N) is 1. The van der Waals surface area contributed by atoms with Crippen LogP contribution in [0, 0.1) is 5.82 Å². The maximum atomic E-state index is 13.6. The second-order valence-corrected chi connectivity index (χ2v) is 4.95. The van der Waals surface area contributed by atoms with Crippen molar-refractivity contribution in [2.75, 3.05) is 18.2 Å². The Hall–Kier alpha value is -2.08. The molecular weight excluding hydrogens is 327 g/mol. The lowest BCUT2D eigenvalue weighted by atomic mass is 10.1. The van der Waals surface area contributed by atoms with E-state index in [2.05, 4.69) is 21.2 Å². The number of carbonyl (C=O) groups excluding carboxylic acids is 1. The average molecular weight is 339 g/mol. The molecule has 20 heavy (non-hydrogen) atoms. The summed E-state index contributed by atoms with van der Waals surface area (Å²) in [5, 5.41) is 2.49. The fraction of sp³-hybridized carbons (Fsp3) is 0.0714. The standard InChI is InChI=1S/C14H12BrFN2O2/c1-20-13-5-2-8(6-11(13)17)14(19)18-12-7-9(15)3-4-10(12)16/h2-7H,17H2,1H3,(H,18,19). The first-order valence-corrected chi connectivity index (χ1v) is 6.50. The molecule has 0 aromatic heterocycles. The Bertz CT molecular complexity index is 662. The highest BCUT2D eigenvalue weighted by Gasteiger charge is 2.11. The molecule has 0 spiro atoms. The van der Waals surface area contributed by atoms with Crippen molar-refractivity contribution in [2.24, 2.45) is 0 Å². The summed E-state index contributed by atoms with van der Waals surface area (Å²) >= 11 is 3.22. The highest BCUT2D eigenvalue weighted by Crippen LogP contribution is 2.24. The SMILES string of the molecule is COc1ccc(C(=O)Nc2cc(Br)ccc2F)cc1N.